The van der Waals surface area contributed by atoms with Gasteiger partial charge in [-0.05, 0) is 38.1 Å². The van der Waals surface area contributed by atoms with Gasteiger partial charge in [-0.15, -0.1) is 0 Å². The fraction of sp³-hybridized carbons (Fsp3) is 0.625. The SMILES string of the molecule is COc1ccc(CC(C)NCC2CN(C)CCO2)cc1. The summed E-state index contributed by atoms with van der Waals surface area (Å²) in [4.78, 5) is 2.32. The topological polar surface area (TPSA) is 33.7 Å². The van der Waals surface area contributed by atoms with Gasteiger partial charge in [0.1, 0.15) is 5.75 Å². The third-order valence-electron chi connectivity index (χ3n) is 3.74. The maximum atomic E-state index is 5.76. The quantitative estimate of drug-likeness (QED) is 0.856. The van der Waals surface area contributed by atoms with Crippen molar-refractivity contribution in [2.75, 3.05) is 40.4 Å². The van der Waals surface area contributed by atoms with E-state index in [0.717, 1.165) is 38.4 Å². The summed E-state index contributed by atoms with van der Waals surface area (Å²) in [6, 6.07) is 8.73. The molecule has 1 heterocycles. The van der Waals surface area contributed by atoms with Crippen molar-refractivity contribution in [2.24, 2.45) is 0 Å². The molecule has 1 N–H and O–H groups in total. The molecule has 2 unspecified atom stereocenters. The molecule has 0 aliphatic carbocycles. The van der Waals surface area contributed by atoms with E-state index < -0.39 is 0 Å². The zero-order valence-electron chi connectivity index (χ0n) is 12.8. The Labute approximate surface area is 122 Å². The van der Waals surface area contributed by atoms with Gasteiger partial charge < -0.3 is 19.7 Å². The van der Waals surface area contributed by atoms with E-state index in [1.54, 1.807) is 7.11 Å². The lowest BCUT2D eigenvalue weighted by Gasteiger charge is -2.31. The number of hydrogen-bond acceptors (Lipinski definition) is 4. The standard InChI is InChI=1S/C16H26N2O2/c1-13(10-14-4-6-15(19-3)7-5-14)17-11-16-12-18(2)8-9-20-16/h4-7,13,16-17H,8-12H2,1-3H3. The van der Waals surface area contributed by atoms with E-state index in [1.807, 2.05) is 12.1 Å². The average molecular weight is 278 g/mol. The Kier molecular flexibility index (Phi) is 5.83. The molecule has 0 radical (unpaired) electrons. The molecule has 0 spiro atoms. The number of nitrogens with zero attached hydrogens (tertiary/aromatic N) is 1. The van der Waals surface area contributed by atoms with E-state index in [0.29, 0.717) is 12.1 Å². The van der Waals surface area contributed by atoms with Gasteiger partial charge in [-0.2, -0.15) is 0 Å². The van der Waals surface area contributed by atoms with Crippen molar-refractivity contribution in [2.45, 2.75) is 25.5 Å². The molecule has 1 aromatic rings. The van der Waals surface area contributed by atoms with Crippen molar-refractivity contribution in [1.82, 2.24) is 10.2 Å². The van der Waals surface area contributed by atoms with Crippen LogP contribution in [0.5, 0.6) is 5.75 Å². The molecule has 2 atom stereocenters. The maximum Gasteiger partial charge on any atom is 0.118 e. The van der Waals surface area contributed by atoms with Gasteiger partial charge in [0.15, 0.2) is 0 Å². The Morgan fingerprint density at radius 2 is 2.15 bits per heavy atom. The highest BCUT2D eigenvalue weighted by Gasteiger charge is 2.17. The van der Waals surface area contributed by atoms with E-state index in [2.05, 4.69) is 36.3 Å². The molecular formula is C16H26N2O2. The molecule has 1 saturated heterocycles. The maximum absolute atomic E-state index is 5.76. The van der Waals surface area contributed by atoms with Crippen LogP contribution in [0.25, 0.3) is 0 Å². The van der Waals surface area contributed by atoms with Crippen molar-refractivity contribution >= 4 is 0 Å². The average Bonchev–Trinajstić information content (AvgIpc) is 2.46. The molecule has 1 aliphatic heterocycles. The van der Waals surface area contributed by atoms with Crippen LogP contribution in [0, 0.1) is 0 Å². The van der Waals surface area contributed by atoms with Gasteiger partial charge in [-0.3, -0.25) is 0 Å². The third-order valence-corrected chi connectivity index (χ3v) is 3.74. The van der Waals surface area contributed by atoms with Gasteiger partial charge in [-0.25, -0.2) is 0 Å². The van der Waals surface area contributed by atoms with E-state index in [4.69, 9.17) is 9.47 Å². The molecule has 1 aromatic carbocycles. The van der Waals surface area contributed by atoms with Crippen LogP contribution in [0.4, 0.5) is 0 Å². The summed E-state index contributed by atoms with van der Waals surface area (Å²) in [7, 11) is 3.84. The lowest BCUT2D eigenvalue weighted by molar-refractivity contribution is -0.0190. The highest BCUT2D eigenvalue weighted by molar-refractivity contribution is 5.27. The highest BCUT2D eigenvalue weighted by Crippen LogP contribution is 2.12. The summed E-state index contributed by atoms with van der Waals surface area (Å²) in [5.74, 6) is 0.910. The number of likely N-dealkylation sites (N-methyl/N-ethyl adjacent to an activating group) is 1. The molecule has 20 heavy (non-hydrogen) atoms. The van der Waals surface area contributed by atoms with E-state index in [-0.39, 0.29) is 0 Å². The minimum Gasteiger partial charge on any atom is -0.497 e. The van der Waals surface area contributed by atoms with Crippen molar-refractivity contribution in [3.63, 3.8) is 0 Å². The van der Waals surface area contributed by atoms with Crippen LogP contribution < -0.4 is 10.1 Å². The fourth-order valence-corrected chi connectivity index (χ4v) is 2.51. The molecule has 4 heteroatoms. The number of hydrogen-bond donors (Lipinski definition) is 1. The first kappa shape index (κ1) is 15.3. The van der Waals surface area contributed by atoms with E-state index in [1.165, 1.54) is 5.56 Å². The summed E-state index contributed by atoms with van der Waals surface area (Å²) < 4.78 is 10.9. The minimum absolute atomic E-state index is 0.312. The molecule has 112 valence electrons. The lowest BCUT2D eigenvalue weighted by atomic mass is 10.1. The van der Waals surface area contributed by atoms with Crippen LogP contribution >= 0.6 is 0 Å². The van der Waals surface area contributed by atoms with Gasteiger partial charge in [0.25, 0.3) is 0 Å². The molecule has 0 aromatic heterocycles. The first-order valence-electron chi connectivity index (χ1n) is 7.34. The smallest absolute Gasteiger partial charge is 0.118 e. The molecule has 1 fully saturated rings. The Hall–Kier alpha value is -1.10. The second-order valence-electron chi connectivity index (χ2n) is 5.62. The minimum atomic E-state index is 0.312. The van der Waals surface area contributed by atoms with Crippen LogP contribution in [-0.4, -0.2) is 57.4 Å². The summed E-state index contributed by atoms with van der Waals surface area (Å²) in [5, 5.41) is 3.57. The van der Waals surface area contributed by atoms with Crippen LogP contribution in [0.15, 0.2) is 24.3 Å². The first-order chi connectivity index (χ1) is 9.67. The van der Waals surface area contributed by atoms with Gasteiger partial charge in [-0.1, -0.05) is 12.1 Å². The fourth-order valence-electron chi connectivity index (χ4n) is 2.51. The summed E-state index contributed by atoms with van der Waals surface area (Å²) in [6.07, 6.45) is 1.33. The number of rotatable bonds is 6. The Morgan fingerprint density at radius 3 is 2.80 bits per heavy atom. The number of methoxy groups -OCH3 is 1. The molecule has 4 nitrogen and oxygen atoms in total. The zero-order chi connectivity index (χ0) is 14.4. The Bertz CT molecular complexity index is 394. The molecular weight excluding hydrogens is 252 g/mol. The van der Waals surface area contributed by atoms with Crippen LogP contribution in [0.1, 0.15) is 12.5 Å². The van der Waals surface area contributed by atoms with Crippen LogP contribution in [0.3, 0.4) is 0 Å². The first-order valence-corrected chi connectivity index (χ1v) is 7.34. The lowest BCUT2D eigenvalue weighted by Crippen LogP contribution is -2.46. The predicted octanol–water partition coefficient (Wildman–Crippen LogP) is 1.55. The van der Waals surface area contributed by atoms with Gasteiger partial charge in [0.05, 0.1) is 19.8 Å². The molecule has 2 rings (SSSR count). The summed E-state index contributed by atoms with van der Waals surface area (Å²) in [6.45, 7) is 6.04. The number of nitrogens with one attached hydrogen (secondary N) is 1. The largest absolute Gasteiger partial charge is 0.497 e. The van der Waals surface area contributed by atoms with Crippen molar-refractivity contribution in [3.05, 3.63) is 29.8 Å². The van der Waals surface area contributed by atoms with Crippen molar-refractivity contribution in [3.8, 4) is 5.75 Å². The van der Waals surface area contributed by atoms with Crippen LogP contribution in [-0.2, 0) is 11.2 Å². The predicted molar refractivity (Wildman–Crippen MR) is 81.4 cm³/mol. The summed E-state index contributed by atoms with van der Waals surface area (Å²) >= 11 is 0. The van der Waals surface area contributed by atoms with Gasteiger partial charge in [0.2, 0.25) is 0 Å². The Morgan fingerprint density at radius 1 is 1.40 bits per heavy atom. The molecule has 0 amide bonds. The zero-order valence-corrected chi connectivity index (χ0v) is 12.8. The van der Waals surface area contributed by atoms with Crippen molar-refractivity contribution in [1.29, 1.82) is 0 Å². The van der Waals surface area contributed by atoms with E-state index >= 15 is 0 Å². The van der Waals surface area contributed by atoms with E-state index in [9.17, 15) is 0 Å². The van der Waals surface area contributed by atoms with Gasteiger partial charge in [0, 0.05) is 25.7 Å². The normalized spacial score (nSPS) is 21.6. The molecule has 1 aliphatic rings. The summed E-state index contributed by atoms with van der Waals surface area (Å²) in [5.41, 5.74) is 1.33. The molecule has 0 bridgehead atoms. The van der Waals surface area contributed by atoms with Crippen LogP contribution in [0.2, 0.25) is 0 Å². The highest BCUT2D eigenvalue weighted by atomic mass is 16.5. The number of benzene rings is 1. The Balaban J connectivity index is 1.72. The number of morpholine rings is 1. The van der Waals surface area contributed by atoms with Crippen molar-refractivity contribution < 1.29 is 9.47 Å². The second-order valence-corrected chi connectivity index (χ2v) is 5.62. The third kappa shape index (κ3) is 4.78. The number of ether oxygens (including phenoxy) is 2. The second kappa shape index (κ2) is 7.62. The van der Waals surface area contributed by atoms with Gasteiger partial charge >= 0.3 is 0 Å². The molecule has 0 saturated carbocycles. The monoisotopic (exact) mass is 278 g/mol.